The fourth-order valence-corrected chi connectivity index (χ4v) is 3.97. The molecule has 5 nitrogen and oxygen atoms in total. The van der Waals surface area contributed by atoms with Gasteiger partial charge in [0.25, 0.3) is 0 Å². The smallest absolute Gasteiger partial charge is 0.191 e. The zero-order chi connectivity index (χ0) is 20.6. The number of aliphatic imine (C=N–C) groups is 1. The van der Waals surface area contributed by atoms with Gasteiger partial charge in [0.1, 0.15) is 5.75 Å². The molecule has 0 radical (unpaired) electrons. The monoisotopic (exact) mass is 407 g/mol. The molecule has 5 heteroatoms. The Labute approximate surface area is 179 Å². The van der Waals surface area contributed by atoms with Gasteiger partial charge in [-0.1, -0.05) is 48.5 Å². The summed E-state index contributed by atoms with van der Waals surface area (Å²) in [5.41, 5.74) is 2.41. The Morgan fingerprint density at radius 1 is 1.03 bits per heavy atom. The largest absolute Gasteiger partial charge is 0.493 e. The number of guanidine groups is 1. The summed E-state index contributed by atoms with van der Waals surface area (Å²) in [4.78, 5) is 4.41. The summed E-state index contributed by atoms with van der Waals surface area (Å²) in [5, 5.41) is 6.95. The number of nitrogens with one attached hydrogen (secondary N) is 2. The van der Waals surface area contributed by atoms with Crippen LogP contribution >= 0.6 is 0 Å². The molecule has 1 heterocycles. The molecule has 1 saturated heterocycles. The maximum atomic E-state index is 6.12. The molecule has 2 N–H and O–H groups in total. The number of benzene rings is 2. The maximum absolute atomic E-state index is 6.12. The zero-order valence-corrected chi connectivity index (χ0v) is 17.8. The van der Waals surface area contributed by atoms with E-state index in [4.69, 9.17) is 9.47 Å². The van der Waals surface area contributed by atoms with Gasteiger partial charge in [-0.3, -0.25) is 4.99 Å². The molecule has 30 heavy (non-hydrogen) atoms. The van der Waals surface area contributed by atoms with Crippen molar-refractivity contribution in [3.05, 3.63) is 65.7 Å². The van der Waals surface area contributed by atoms with Crippen LogP contribution in [0, 0.1) is 11.8 Å². The second-order valence-corrected chi connectivity index (χ2v) is 8.27. The van der Waals surface area contributed by atoms with E-state index < -0.39 is 0 Å². The third-order valence-corrected chi connectivity index (χ3v) is 5.92. The Morgan fingerprint density at radius 3 is 2.63 bits per heavy atom. The summed E-state index contributed by atoms with van der Waals surface area (Å²) in [6, 6.07) is 18.8. The van der Waals surface area contributed by atoms with Crippen molar-refractivity contribution >= 4 is 5.96 Å². The maximum Gasteiger partial charge on any atom is 0.191 e. The number of nitrogens with zero attached hydrogens (tertiary/aromatic N) is 1. The topological polar surface area (TPSA) is 54.9 Å². The van der Waals surface area contributed by atoms with Gasteiger partial charge in [0.15, 0.2) is 5.96 Å². The third kappa shape index (κ3) is 5.76. The van der Waals surface area contributed by atoms with E-state index in [1.165, 1.54) is 18.4 Å². The van der Waals surface area contributed by atoms with Crippen LogP contribution in [0.4, 0.5) is 0 Å². The molecule has 0 spiro atoms. The van der Waals surface area contributed by atoms with Crippen LogP contribution in [0.25, 0.3) is 0 Å². The number of hydrogen-bond donors (Lipinski definition) is 2. The highest BCUT2D eigenvalue weighted by Gasteiger charge is 2.27. The van der Waals surface area contributed by atoms with Crippen molar-refractivity contribution in [2.75, 3.05) is 26.8 Å². The highest BCUT2D eigenvalue weighted by molar-refractivity contribution is 5.79. The van der Waals surface area contributed by atoms with Gasteiger partial charge in [-0.15, -0.1) is 0 Å². The van der Waals surface area contributed by atoms with Gasteiger partial charge in [-0.05, 0) is 43.2 Å². The molecule has 1 aliphatic carbocycles. The van der Waals surface area contributed by atoms with Crippen LogP contribution in [0.3, 0.4) is 0 Å². The van der Waals surface area contributed by atoms with Crippen LogP contribution in [-0.2, 0) is 11.3 Å². The summed E-state index contributed by atoms with van der Waals surface area (Å²) >= 11 is 0. The molecule has 0 amide bonds. The molecule has 0 aromatic heterocycles. The quantitative estimate of drug-likeness (QED) is 0.506. The summed E-state index contributed by atoms with van der Waals surface area (Å²) in [7, 11) is 1.82. The molecule has 2 unspecified atom stereocenters. The summed E-state index contributed by atoms with van der Waals surface area (Å²) in [5.74, 6) is 2.95. The molecular weight excluding hydrogens is 374 g/mol. The Morgan fingerprint density at radius 2 is 1.83 bits per heavy atom. The average Bonchev–Trinajstić information content (AvgIpc) is 3.64. The first kappa shape index (κ1) is 20.7. The lowest BCUT2D eigenvalue weighted by Gasteiger charge is -2.32. The lowest BCUT2D eigenvalue weighted by molar-refractivity contribution is -0.0265. The predicted molar refractivity (Wildman–Crippen MR) is 121 cm³/mol. The molecule has 2 fully saturated rings. The minimum atomic E-state index is 0.141. The van der Waals surface area contributed by atoms with Crippen LogP contribution < -0.4 is 15.4 Å². The van der Waals surface area contributed by atoms with Crippen LogP contribution in [0.1, 0.15) is 42.9 Å². The Hall–Kier alpha value is -2.53. The third-order valence-electron chi connectivity index (χ3n) is 5.92. The first-order valence-corrected chi connectivity index (χ1v) is 11.1. The van der Waals surface area contributed by atoms with Crippen LogP contribution in [0.15, 0.2) is 59.6 Å². The second kappa shape index (κ2) is 10.5. The molecule has 4 rings (SSSR count). The minimum Gasteiger partial charge on any atom is -0.493 e. The van der Waals surface area contributed by atoms with Crippen LogP contribution in [-0.4, -0.2) is 32.8 Å². The van der Waals surface area contributed by atoms with Crippen molar-refractivity contribution in [3.63, 3.8) is 0 Å². The summed E-state index contributed by atoms with van der Waals surface area (Å²) in [6.45, 7) is 3.18. The highest BCUT2D eigenvalue weighted by atomic mass is 16.5. The van der Waals surface area contributed by atoms with E-state index in [1.54, 1.807) is 0 Å². The fourth-order valence-electron chi connectivity index (χ4n) is 3.97. The number of hydrogen-bond acceptors (Lipinski definition) is 3. The van der Waals surface area contributed by atoms with Gasteiger partial charge in [0.05, 0.1) is 12.7 Å². The first-order valence-electron chi connectivity index (χ1n) is 11.1. The van der Waals surface area contributed by atoms with Crippen molar-refractivity contribution in [2.45, 2.75) is 38.3 Å². The van der Waals surface area contributed by atoms with Crippen molar-refractivity contribution in [3.8, 4) is 5.75 Å². The molecule has 2 aliphatic rings. The van der Waals surface area contributed by atoms with Gasteiger partial charge in [-0.25, -0.2) is 0 Å². The first-order chi connectivity index (χ1) is 14.8. The number of ether oxygens (including phenoxy) is 2. The van der Waals surface area contributed by atoms with Gasteiger partial charge < -0.3 is 20.1 Å². The van der Waals surface area contributed by atoms with Crippen LogP contribution in [0.2, 0.25) is 0 Å². The zero-order valence-electron chi connectivity index (χ0n) is 17.8. The van der Waals surface area contributed by atoms with Crippen molar-refractivity contribution < 1.29 is 9.47 Å². The summed E-state index contributed by atoms with van der Waals surface area (Å²) < 4.78 is 12.2. The van der Waals surface area contributed by atoms with Crippen molar-refractivity contribution in [1.82, 2.24) is 10.6 Å². The van der Waals surface area contributed by atoms with Crippen molar-refractivity contribution in [2.24, 2.45) is 16.8 Å². The van der Waals surface area contributed by atoms with Gasteiger partial charge in [0, 0.05) is 38.2 Å². The molecule has 1 saturated carbocycles. The van der Waals surface area contributed by atoms with E-state index >= 15 is 0 Å². The van der Waals surface area contributed by atoms with E-state index in [2.05, 4.69) is 64.2 Å². The van der Waals surface area contributed by atoms with Gasteiger partial charge in [-0.2, -0.15) is 0 Å². The average molecular weight is 408 g/mol. The van der Waals surface area contributed by atoms with E-state index in [0.717, 1.165) is 55.8 Å². The molecule has 160 valence electrons. The van der Waals surface area contributed by atoms with E-state index in [1.807, 2.05) is 13.1 Å². The fraction of sp³-hybridized carbons (Fsp3) is 0.480. The highest BCUT2D eigenvalue weighted by Crippen LogP contribution is 2.33. The Kier molecular flexibility index (Phi) is 7.25. The molecule has 0 bridgehead atoms. The Bertz CT molecular complexity index is 820. The standard InChI is InChI=1S/C25H33N3O2/c1-26-25(27-16-21-10-5-6-12-23(21)30-18-19-13-14-19)28-17-22-11-7-15-29-24(22)20-8-3-2-4-9-20/h2-6,8-10,12,19,22,24H,7,11,13-18H2,1H3,(H2,26,27,28). The molecule has 1 aliphatic heterocycles. The normalized spacial score (nSPS) is 21.8. The summed E-state index contributed by atoms with van der Waals surface area (Å²) in [6.07, 6.45) is 4.99. The number of rotatable bonds is 8. The predicted octanol–water partition coefficient (Wildman–Crippen LogP) is 4.31. The van der Waals surface area contributed by atoms with Gasteiger partial charge >= 0.3 is 0 Å². The van der Waals surface area contributed by atoms with E-state index in [9.17, 15) is 0 Å². The lowest BCUT2D eigenvalue weighted by Crippen LogP contribution is -2.41. The van der Waals surface area contributed by atoms with Crippen LogP contribution in [0.5, 0.6) is 5.75 Å². The lowest BCUT2D eigenvalue weighted by atomic mass is 9.89. The minimum absolute atomic E-state index is 0.141. The Balaban J connectivity index is 1.30. The molecule has 2 atom stereocenters. The second-order valence-electron chi connectivity index (χ2n) is 8.27. The van der Waals surface area contributed by atoms with Gasteiger partial charge in [0.2, 0.25) is 0 Å². The number of para-hydroxylation sites is 1. The van der Waals surface area contributed by atoms with Crippen molar-refractivity contribution in [1.29, 1.82) is 0 Å². The molecule has 2 aromatic rings. The SMILES string of the molecule is CN=C(NCc1ccccc1OCC1CC1)NCC1CCCOC1c1ccccc1. The molecule has 2 aromatic carbocycles. The van der Waals surface area contributed by atoms with E-state index in [0.29, 0.717) is 12.5 Å². The molecular formula is C25H33N3O2. The van der Waals surface area contributed by atoms with E-state index in [-0.39, 0.29) is 6.10 Å².